The van der Waals surface area contributed by atoms with Crippen LogP contribution in [0.1, 0.15) is 5.56 Å². The number of ether oxygens (including phenoxy) is 1. The van der Waals surface area contributed by atoms with Crippen LogP contribution in [0.25, 0.3) is 0 Å². The zero-order chi connectivity index (χ0) is 13.5. The summed E-state index contributed by atoms with van der Waals surface area (Å²) in [7, 11) is 0. The van der Waals surface area contributed by atoms with E-state index in [0.717, 1.165) is 5.75 Å². The van der Waals surface area contributed by atoms with Gasteiger partial charge in [-0.3, -0.25) is 0 Å². The molecule has 2 rings (SSSR count). The van der Waals surface area contributed by atoms with Crippen LogP contribution in [0.15, 0.2) is 48.5 Å². The zero-order valence-electron chi connectivity index (χ0n) is 10.5. The summed E-state index contributed by atoms with van der Waals surface area (Å²) in [5.41, 5.74) is 0.666. The molecular weight excluding hydrogens is 242 g/mol. The van der Waals surface area contributed by atoms with Gasteiger partial charge in [0.25, 0.3) is 0 Å². The van der Waals surface area contributed by atoms with Crippen molar-refractivity contribution in [2.24, 2.45) is 0 Å². The highest BCUT2D eigenvalue weighted by molar-refractivity contribution is 5.44. The molecule has 0 atom stereocenters. The smallest absolute Gasteiger partial charge is 0.161 e. The number of aromatic hydroxyl groups is 2. The molecule has 4 heteroatoms. The lowest BCUT2D eigenvalue weighted by molar-refractivity contribution is 0.313. The Morgan fingerprint density at radius 2 is 1.74 bits per heavy atom. The quantitative estimate of drug-likeness (QED) is 0.550. The Bertz CT molecular complexity index is 514. The molecule has 3 N–H and O–H groups in total. The normalized spacial score (nSPS) is 10.3. The number of para-hydroxylation sites is 2. The van der Waals surface area contributed by atoms with Crippen molar-refractivity contribution >= 4 is 0 Å². The standard InChI is InChI=1S/C15H17NO3/c17-14-8-4-5-12(15(14)18)11-16-9-10-19-13-6-2-1-3-7-13/h1-8,16-18H,9-11H2. The minimum absolute atomic E-state index is 0.0704. The number of nitrogens with one attached hydrogen (secondary N) is 1. The molecule has 0 aliphatic carbocycles. The molecule has 0 aliphatic rings. The van der Waals surface area contributed by atoms with Crippen LogP contribution in [-0.2, 0) is 6.54 Å². The van der Waals surface area contributed by atoms with Crippen LogP contribution >= 0.6 is 0 Å². The van der Waals surface area contributed by atoms with Gasteiger partial charge in [-0.05, 0) is 18.2 Å². The molecule has 0 saturated carbocycles. The molecule has 4 nitrogen and oxygen atoms in total. The Hall–Kier alpha value is -2.20. The van der Waals surface area contributed by atoms with Gasteiger partial charge >= 0.3 is 0 Å². The molecule has 0 amide bonds. The third kappa shape index (κ3) is 3.89. The van der Waals surface area contributed by atoms with Gasteiger partial charge in [0.15, 0.2) is 11.5 Å². The summed E-state index contributed by atoms with van der Waals surface area (Å²) in [6, 6.07) is 14.5. The minimum atomic E-state index is -0.0974. The van der Waals surface area contributed by atoms with Crippen molar-refractivity contribution in [2.45, 2.75) is 6.54 Å². The monoisotopic (exact) mass is 259 g/mol. The molecule has 19 heavy (non-hydrogen) atoms. The van der Waals surface area contributed by atoms with Crippen molar-refractivity contribution in [3.8, 4) is 17.2 Å². The van der Waals surface area contributed by atoms with Crippen molar-refractivity contribution in [1.29, 1.82) is 0 Å². The summed E-state index contributed by atoms with van der Waals surface area (Å²) in [5, 5.41) is 22.1. The molecule has 0 heterocycles. The lowest BCUT2D eigenvalue weighted by atomic mass is 10.2. The number of phenolic OH excluding ortho intramolecular Hbond substituents is 2. The second-order valence-corrected chi connectivity index (χ2v) is 4.12. The van der Waals surface area contributed by atoms with Gasteiger partial charge in [-0.1, -0.05) is 30.3 Å². The summed E-state index contributed by atoms with van der Waals surface area (Å²) in [4.78, 5) is 0. The summed E-state index contributed by atoms with van der Waals surface area (Å²) in [6.07, 6.45) is 0. The Morgan fingerprint density at radius 3 is 2.53 bits per heavy atom. The molecule has 0 bridgehead atoms. The lowest BCUT2D eigenvalue weighted by Crippen LogP contribution is -2.20. The number of phenols is 2. The largest absolute Gasteiger partial charge is 0.504 e. The molecule has 0 fully saturated rings. The zero-order valence-corrected chi connectivity index (χ0v) is 10.5. The summed E-state index contributed by atoms with van der Waals surface area (Å²) in [5.74, 6) is 0.670. The summed E-state index contributed by atoms with van der Waals surface area (Å²) < 4.78 is 5.52. The highest BCUT2D eigenvalue weighted by Gasteiger charge is 2.04. The number of rotatable bonds is 6. The molecule has 0 aromatic heterocycles. The van der Waals surface area contributed by atoms with Crippen molar-refractivity contribution in [3.63, 3.8) is 0 Å². The van der Waals surface area contributed by atoms with Crippen LogP contribution in [0.2, 0.25) is 0 Å². The van der Waals surface area contributed by atoms with Crippen LogP contribution in [0.5, 0.6) is 17.2 Å². The second-order valence-electron chi connectivity index (χ2n) is 4.12. The van der Waals surface area contributed by atoms with E-state index >= 15 is 0 Å². The average Bonchev–Trinajstić information content (AvgIpc) is 2.44. The molecule has 2 aromatic rings. The third-order valence-corrected chi connectivity index (χ3v) is 2.70. The lowest BCUT2D eigenvalue weighted by Gasteiger charge is -2.09. The molecule has 0 radical (unpaired) electrons. The van der Waals surface area contributed by atoms with E-state index in [9.17, 15) is 10.2 Å². The van der Waals surface area contributed by atoms with E-state index in [1.807, 2.05) is 30.3 Å². The highest BCUT2D eigenvalue weighted by atomic mass is 16.5. The fraction of sp³-hybridized carbons (Fsp3) is 0.200. The van der Waals surface area contributed by atoms with E-state index in [1.54, 1.807) is 12.1 Å². The highest BCUT2D eigenvalue weighted by Crippen LogP contribution is 2.27. The topological polar surface area (TPSA) is 61.7 Å². The Morgan fingerprint density at radius 1 is 0.947 bits per heavy atom. The van der Waals surface area contributed by atoms with Crippen molar-refractivity contribution in [1.82, 2.24) is 5.32 Å². The van der Waals surface area contributed by atoms with Crippen molar-refractivity contribution < 1.29 is 14.9 Å². The first kappa shape index (κ1) is 13.2. The van der Waals surface area contributed by atoms with Gasteiger partial charge in [0.1, 0.15) is 12.4 Å². The SMILES string of the molecule is Oc1cccc(CNCCOc2ccccc2)c1O. The van der Waals surface area contributed by atoms with Crippen LogP contribution in [-0.4, -0.2) is 23.4 Å². The van der Waals surface area contributed by atoms with E-state index in [1.165, 1.54) is 6.07 Å². The van der Waals surface area contributed by atoms with Gasteiger partial charge in [-0.25, -0.2) is 0 Å². The second kappa shape index (κ2) is 6.66. The number of hydrogen-bond acceptors (Lipinski definition) is 4. The predicted molar refractivity (Wildman–Crippen MR) is 73.4 cm³/mol. The van der Waals surface area contributed by atoms with Gasteiger partial charge < -0.3 is 20.3 Å². The van der Waals surface area contributed by atoms with E-state index in [-0.39, 0.29) is 11.5 Å². The Labute approximate surface area is 112 Å². The fourth-order valence-corrected chi connectivity index (χ4v) is 1.70. The van der Waals surface area contributed by atoms with Gasteiger partial charge in [-0.15, -0.1) is 0 Å². The van der Waals surface area contributed by atoms with Gasteiger partial charge in [0.05, 0.1) is 0 Å². The number of hydrogen-bond donors (Lipinski definition) is 3. The molecule has 0 aliphatic heterocycles. The first-order chi connectivity index (χ1) is 9.27. The maximum atomic E-state index is 9.61. The maximum Gasteiger partial charge on any atom is 0.161 e. The first-order valence-electron chi connectivity index (χ1n) is 6.16. The van der Waals surface area contributed by atoms with E-state index in [2.05, 4.69) is 5.32 Å². The van der Waals surface area contributed by atoms with E-state index in [0.29, 0.717) is 25.3 Å². The third-order valence-electron chi connectivity index (χ3n) is 2.70. The first-order valence-corrected chi connectivity index (χ1v) is 6.16. The molecule has 100 valence electrons. The Kier molecular flexibility index (Phi) is 4.64. The van der Waals surface area contributed by atoms with Gasteiger partial charge in [0.2, 0.25) is 0 Å². The maximum absolute atomic E-state index is 9.61. The van der Waals surface area contributed by atoms with Crippen molar-refractivity contribution in [2.75, 3.05) is 13.2 Å². The molecular formula is C15H17NO3. The molecule has 0 spiro atoms. The van der Waals surface area contributed by atoms with E-state index < -0.39 is 0 Å². The molecule has 0 unspecified atom stereocenters. The van der Waals surface area contributed by atoms with Crippen LogP contribution in [0, 0.1) is 0 Å². The van der Waals surface area contributed by atoms with Gasteiger partial charge in [0, 0.05) is 18.7 Å². The predicted octanol–water partition coefficient (Wildman–Crippen LogP) is 2.27. The van der Waals surface area contributed by atoms with Crippen LogP contribution < -0.4 is 10.1 Å². The summed E-state index contributed by atoms with van der Waals surface area (Å²) in [6.45, 7) is 1.69. The van der Waals surface area contributed by atoms with Crippen LogP contribution in [0.4, 0.5) is 0 Å². The summed E-state index contributed by atoms with van der Waals surface area (Å²) >= 11 is 0. The van der Waals surface area contributed by atoms with Gasteiger partial charge in [-0.2, -0.15) is 0 Å². The van der Waals surface area contributed by atoms with Crippen LogP contribution in [0.3, 0.4) is 0 Å². The van der Waals surface area contributed by atoms with E-state index in [4.69, 9.17) is 4.74 Å². The number of benzene rings is 2. The van der Waals surface area contributed by atoms with Crippen molar-refractivity contribution in [3.05, 3.63) is 54.1 Å². The average molecular weight is 259 g/mol. The Balaban J connectivity index is 1.71. The minimum Gasteiger partial charge on any atom is -0.504 e. The fourth-order valence-electron chi connectivity index (χ4n) is 1.70. The molecule has 0 saturated heterocycles. The molecule has 2 aromatic carbocycles.